The summed E-state index contributed by atoms with van der Waals surface area (Å²) in [6.45, 7) is 11.6. The highest BCUT2D eigenvalue weighted by atomic mass is 19.4. The Hall–Kier alpha value is -1.49. The lowest BCUT2D eigenvalue weighted by atomic mass is 9.93. The van der Waals surface area contributed by atoms with Crippen LogP contribution in [0.2, 0.25) is 0 Å². The first-order valence-electron chi connectivity index (χ1n) is 8.60. The van der Waals surface area contributed by atoms with E-state index < -0.39 is 12.1 Å². The second kappa shape index (κ2) is 6.67. The maximum atomic E-state index is 13.4. The van der Waals surface area contributed by atoms with Crippen LogP contribution >= 0.6 is 0 Å². The standard InChI is InChI=1S/C20H28F3NO/c1-18(2,3)17-11-14-9-13(7-8-16(14)25-17)10-15(20(21,22)23)12-24-19(4,5)6/h7-9,11,15,24H,10,12H2,1-6H3/t15-/m0/s1. The van der Waals surface area contributed by atoms with Crippen molar-refractivity contribution >= 4 is 11.0 Å². The average Bonchev–Trinajstić information content (AvgIpc) is 2.84. The van der Waals surface area contributed by atoms with E-state index in [9.17, 15) is 13.2 Å². The molecule has 0 unspecified atom stereocenters. The van der Waals surface area contributed by atoms with Gasteiger partial charge in [-0.15, -0.1) is 0 Å². The highest BCUT2D eigenvalue weighted by Crippen LogP contribution is 2.32. The van der Waals surface area contributed by atoms with Gasteiger partial charge in [0.05, 0.1) is 5.92 Å². The first kappa shape index (κ1) is 19.8. The van der Waals surface area contributed by atoms with Gasteiger partial charge in [-0.25, -0.2) is 0 Å². The van der Waals surface area contributed by atoms with Gasteiger partial charge in [0.25, 0.3) is 0 Å². The molecule has 25 heavy (non-hydrogen) atoms. The molecule has 1 aromatic heterocycles. The fraction of sp³-hybridized carbons (Fsp3) is 0.600. The third-order valence-corrected chi connectivity index (χ3v) is 4.14. The molecular formula is C20H28F3NO. The van der Waals surface area contributed by atoms with Crippen LogP contribution < -0.4 is 5.32 Å². The summed E-state index contributed by atoms with van der Waals surface area (Å²) in [6.07, 6.45) is -4.28. The van der Waals surface area contributed by atoms with Gasteiger partial charge >= 0.3 is 6.18 Å². The SMILES string of the molecule is CC(C)(C)NC[C@H](Cc1ccc2oc(C(C)(C)C)cc2c1)C(F)(F)F. The van der Waals surface area contributed by atoms with E-state index in [-0.39, 0.29) is 23.9 Å². The zero-order valence-corrected chi connectivity index (χ0v) is 15.8. The smallest absolute Gasteiger partial charge is 0.393 e. The Balaban J connectivity index is 2.23. The summed E-state index contributed by atoms with van der Waals surface area (Å²) in [6, 6.07) is 7.23. The average molecular weight is 355 g/mol. The molecule has 0 fully saturated rings. The molecule has 0 aliphatic rings. The lowest BCUT2D eigenvalue weighted by Gasteiger charge is -2.27. The van der Waals surface area contributed by atoms with Crippen molar-refractivity contribution in [1.29, 1.82) is 0 Å². The van der Waals surface area contributed by atoms with E-state index in [1.54, 1.807) is 12.1 Å². The second-order valence-electron chi connectivity index (χ2n) is 8.81. The maximum Gasteiger partial charge on any atom is 0.393 e. The summed E-state index contributed by atoms with van der Waals surface area (Å²) in [5.41, 5.74) is 0.904. The van der Waals surface area contributed by atoms with Crippen LogP contribution in [0.15, 0.2) is 28.7 Å². The number of alkyl halides is 3. The number of hydrogen-bond acceptors (Lipinski definition) is 2. The molecule has 5 heteroatoms. The van der Waals surface area contributed by atoms with Crippen molar-refractivity contribution in [1.82, 2.24) is 5.32 Å². The second-order valence-corrected chi connectivity index (χ2v) is 8.81. The first-order valence-corrected chi connectivity index (χ1v) is 8.60. The summed E-state index contributed by atoms with van der Waals surface area (Å²) >= 11 is 0. The quantitative estimate of drug-likeness (QED) is 0.745. The number of halogens is 3. The van der Waals surface area contributed by atoms with Crippen molar-refractivity contribution in [3.8, 4) is 0 Å². The molecule has 0 radical (unpaired) electrons. The largest absolute Gasteiger partial charge is 0.461 e. The van der Waals surface area contributed by atoms with Crippen LogP contribution in [0.1, 0.15) is 52.9 Å². The molecule has 0 amide bonds. The van der Waals surface area contributed by atoms with Gasteiger partial charge in [-0.3, -0.25) is 0 Å². The monoisotopic (exact) mass is 355 g/mol. The van der Waals surface area contributed by atoms with Crippen molar-refractivity contribution in [3.63, 3.8) is 0 Å². The van der Waals surface area contributed by atoms with Crippen LogP contribution in [0.3, 0.4) is 0 Å². The Morgan fingerprint density at radius 2 is 1.64 bits per heavy atom. The topological polar surface area (TPSA) is 25.2 Å². The minimum atomic E-state index is -4.24. The van der Waals surface area contributed by atoms with Gasteiger partial charge in [0.1, 0.15) is 11.3 Å². The van der Waals surface area contributed by atoms with Gasteiger partial charge < -0.3 is 9.73 Å². The van der Waals surface area contributed by atoms with E-state index in [1.165, 1.54) is 0 Å². The fourth-order valence-corrected chi connectivity index (χ4v) is 2.61. The summed E-state index contributed by atoms with van der Waals surface area (Å²) in [7, 11) is 0. The molecule has 0 spiro atoms. The Morgan fingerprint density at radius 1 is 1.00 bits per heavy atom. The highest BCUT2D eigenvalue weighted by molar-refractivity contribution is 5.79. The van der Waals surface area contributed by atoms with Crippen molar-refractivity contribution in [3.05, 3.63) is 35.6 Å². The Labute approximate surface area is 147 Å². The molecule has 2 aromatic rings. The van der Waals surface area contributed by atoms with Gasteiger partial charge in [0, 0.05) is 22.9 Å². The van der Waals surface area contributed by atoms with Gasteiger partial charge in [-0.05, 0) is 51.0 Å². The highest BCUT2D eigenvalue weighted by Gasteiger charge is 2.39. The van der Waals surface area contributed by atoms with Crippen LogP contribution in [-0.4, -0.2) is 18.3 Å². The van der Waals surface area contributed by atoms with Gasteiger partial charge in [0.2, 0.25) is 0 Å². The number of benzene rings is 1. The molecule has 2 nitrogen and oxygen atoms in total. The van der Waals surface area contributed by atoms with Crippen LogP contribution in [0.25, 0.3) is 11.0 Å². The predicted octanol–water partition coefficient (Wildman–Crippen LogP) is 5.84. The number of fused-ring (bicyclic) bond motifs is 1. The summed E-state index contributed by atoms with van der Waals surface area (Å²) in [4.78, 5) is 0. The fourth-order valence-electron chi connectivity index (χ4n) is 2.61. The van der Waals surface area contributed by atoms with Crippen molar-refractivity contribution in [2.24, 2.45) is 5.92 Å². The molecule has 1 N–H and O–H groups in total. The number of rotatable bonds is 4. The maximum absolute atomic E-state index is 13.4. The van der Waals surface area contributed by atoms with Crippen LogP contribution in [-0.2, 0) is 11.8 Å². The molecule has 0 aliphatic heterocycles. The van der Waals surface area contributed by atoms with Crippen LogP contribution in [0.4, 0.5) is 13.2 Å². The van der Waals surface area contributed by atoms with E-state index in [0.717, 1.165) is 11.1 Å². The van der Waals surface area contributed by atoms with Crippen LogP contribution in [0.5, 0.6) is 0 Å². The Kier molecular flexibility index (Phi) is 5.29. The molecule has 0 aliphatic carbocycles. The third kappa shape index (κ3) is 5.50. The number of hydrogen-bond donors (Lipinski definition) is 1. The van der Waals surface area contributed by atoms with Crippen molar-refractivity contribution < 1.29 is 17.6 Å². The first-order chi connectivity index (χ1) is 11.3. The molecule has 140 valence electrons. The zero-order valence-electron chi connectivity index (χ0n) is 15.8. The third-order valence-electron chi connectivity index (χ3n) is 4.14. The lowest BCUT2D eigenvalue weighted by molar-refractivity contribution is -0.173. The predicted molar refractivity (Wildman–Crippen MR) is 95.9 cm³/mol. The minimum absolute atomic E-state index is 0.0431. The number of furan rings is 1. The summed E-state index contributed by atoms with van der Waals surface area (Å²) < 4.78 is 46.0. The molecule has 0 saturated heterocycles. The Bertz CT molecular complexity index is 717. The van der Waals surface area contributed by atoms with Gasteiger partial charge in [-0.1, -0.05) is 26.8 Å². The number of nitrogens with one attached hydrogen (secondary N) is 1. The van der Waals surface area contributed by atoms with Crippen molar-refractivity contribution in [2.45, 2.75) is 65.1 Å². The lowest BCUT2D eigenvalue weighted by Crippen LogP contribution is -2.43. The van der Waals surface area contributed by atoms with E-state index in [4.69, 9.17) is 4.42 Å². The molecule has 1 heterocycles. The van der Waals surface area contributed by atoms with E-state index in [0.29, 0.717) is 11.1 Å². The normalized spacial score (nSPS) is 14.9. The Morgan fingerprint density at radius 3 is 2.16 bits per heavy atom. The zero-order chi connectivity index (χ0) is 19.0. The molecule has 0 saturated carbocycles. The molecular weight excluding hydrogens is 327 g/mol. The minimum Gasteiger partial charge on any atom is -0.461 e. The molecule has 0 bridgehead atoms. The molecule has 2 rings (SSSR count). The van der Waals surface area contributed by atoms with E-state index in [2.05, 4.69) is 5.32 Å². The van der Waals surface area contributed by atoms with Gasteiger partial charge in [0.15, 0.2) is 0 Å². The van der Waals surface area contributed by atoms with E-state index >= 15 is 0 Å². The van der Waals surface area contributed by atoms with Gasteiger partial charge in [-0.2, -0.15) is 13.2 Å². The summed E-state index contributed by atoms with van der Waals surface area (Å²) in [5, 5.41) is 3.83. The summed E-state index contributed by atoms with van der Waals surface area (Å²) in [5.74, 6) is -0.584. The van der Waals surface area contributed by atoms with Crippen LogP contribution in [0, 0.1) is 5.92 Å². The molecule has 1 atom stereocenters. The van der Waals surface area contributed by atoms with Crippen molar-refractivity contribution in [2.75, 3.05) is 6.54 Å². The molecule has 1 aromatic carbocycles. The van der Waals surface area contributed by atoms with E-state index in [1.807, 2.05) is 53.7 Å².